The average Bonchev–Trinajstić information content (AvgIpc) is 3.01. The van der Waals surface area contributed by atoms with Crippen LogP contribution in [0.1, 0.15) is 22.6 Å². The van der Waals surface area contributed by atoms with Crippen LogP contribution in [-0.2, 0) is 19.5 Å². The van der Waals surface area contributed by atoms with E-state index in [4.69, 9.17) is 0 Å². The van der Waals surface area contributed by atoms with Crippen molar-refractivity contribution >= 4 is 0 Å². The zero-order valence-corrected chi connectivity index (χ0v) is 13.4. The molecule has 4 heterocycles. The average molecular weight is 322 g/mol. The second kappa shape index (κ2) is 6.01. The molecule has 3 aromatic rings. The lowest BCUT2D eigenvalue weighted by atomic mass is 10.1. The molecule has 0 amide bonds. The van der Waals surface area contributed by atoms with Gasteiger partial charge in [-0.05, 0) is 19.1 Å². The van der Waals surface area contributed by atoms with E-state index in [2.05, 4.69) is 29.8 Å². The molecule has 0 bridgehead atoms. The molecular formula is C17H18N6O. The number of nitrogens with one attached hydrogen (secondary N) is 2. The van der Waals surface area contributed by atoms with Crippen LogP contribution in [0.5, 0.6) is 0 Å². The normalized spacial score (nSPS) is 14.5. The van der Waals surface area contributed by atoms with Crippen molar-refractivity contribution in [1.29, 1.82) is 0 Å². The number of nitrogens with zero attached hydrogens (tertiary/aromatic N) is 4. The molecule has 1 aliphatic heterocycles. The number of fused-ring (bicyclic) bond motifs is 1. The van der Waals surface area contributed by atoms with Crippen molar-refractivity contribution in [3.8, 4) is 11.5 Å². The van der Waals surface area contributed by atoms with Crippen LogP contribution in [0.25, 0.3) is 11.5 Å². The Bertz CT molecular complexity index is 914. The second-order valence-electron chi connectivity index (χ2n) is 5.99. The zero-order chi connectivity index (χ0) is 16.5. The maximum absolute atomic E-state index is 12.5. The molecule has 0 saturated heterocycles. The zero-order valence-electron chi connectivity index (χ0n) is 13.4. The Labute approximate surface area is 138 Å². The van der Waals surface area contributed by atoms with Crippen LogP contribution in [0.15, 0.2) is 35.5 Å². The molecule has 0 fully saturated rings. The molecule has 1 aliphatic rings. The predicted octanol–water partition coefficient (Wildman–Crippen LogP) is 1.42. The van der Waals surface area contributed by atoms with Gasteiger partial charge < -0.3 is 9.97 Å². The van der Waals surface area contributed by atoms with E-state index < -0.39 is 0 Å². The molecule has 3 aromatic heterocycles. The van der Waals surface area contributed by atoms with Crippen LogP contribution in [0.4, 0.5) is 0 Å². The molecule has 0 aliphatic carbocycles. The SMILES string of the molecule is Cc1[nH]cnc1CN1CCc2nc(-c3ccccn3)[nH]c(=O)c2C1. The highest BCUT2D eigenvalue weighted by Gasteiger charge is 2.22. The van der Waals surface area contributed by atoms with Gasteiger partial charge in [-0.15, -0.1) is 0 Å². The van der Waals surface area contributed by atoms with Crippen molar-refractivity contribution < 1.29 is 0 Å². The van der Waals surface area contributed by atoms with Gasteiger partial charge in [0, 0.05) is 37.9 Å². The van der Waals surface area contributed by atoms with Gasteiger partial charge in [-0.2, -0.15) is 0 Å². The predicted molar refractivity (Wildman–Crippen MR) is 89.2 cm³/mol. The second-order valence-corrected chi connectivity index (χ2v) is 5.99. The monoisotopic (exact) mass is 322 g/mol. The standard InChI is InChI=1S/C17H18N6O/c1-11-15(20-10-19-11)9-23-7-5-13-12(8-23)17(24)22-16(21-13)14-4-2-3-6-18-14/h2-4,6,10H,5,7-9H2,1H3,(H,19,20)(H,21,22,24). The van der Waals surface area contributed by atoms with E-state index in [1.165, 1.54) is 0 Å². The number of hydrogen-bond donors (Lipinski definition) is 2. The molecule has 0 aromatic carbocycles. The number of rotatable bonds is 3. The van der Waals surface area contributed by atoms with Gasteiger partial charge in [-0.25, -0.2) is 9.97 Å². The molecule has 0 atom stereocenters. The lowest BCUT2D eigenvalue weighted by molar-refractivity contribution is 0.239. The molecule has 24 heavy (non-hydrogen) atoms. The van der Waals surface area contributed by atoms with E-state index in [0.29, 0.717) is 18.1 Å². The lowest BCUT2D eigenvalue weighted by Gasteiger charge is -2.27. The maximum atomic E-state index is 12.5. The Morgan fingerprint density at radius 3 is 2.96 bits per heavy atom. The van der Waals surface area contributed by atoms with Crippen LogP contribution >= 0.6 is 0 Å². The highest BCUT2D eigenvalue weighted by Crippen LogP contribution is 2.19. The molecule has 7 nitrogen and oxygen atoms in total. The van der Waals surface area contributed by atoms with Crippen molar-refractivity contribution in [3.63, 3.8) is 0 Å². The molecule has 0 radical (unpaired) electrons. The van der Waals surface area contributed by atoms with E-state index in [9.17, 15) is 4.79 Å². The van der Waals surface area contributed by atoms with Gasteiger partial charge in [0.05, 0.1) is 23.3 Å². The minimum absolute atomic E-state index is 0.0795. The van der Waals surface area contributed by atoms with Crippen LogP contribution in [0.2, 0.25) is 0 Å². The van der Waals surface area contributed by atoms with Crippen LogP contribution in [0.3, 0.4) is 0 Å². The maximum Gasteiger partial charge on any atom is 0.255 e. The van der Waals surface area contributed by atoms with Crippen molar-refractivity contribution in [2.75, 3.05) is 6.54 Å². The van der Waals surface area contributed by atoms with E-state index in [1.807, 2.05) is 25.1 Å². The molecule has 2 N–H and O–H groups in total. The smallest absolute Gasteiger partial charge is 0.255 e. The van der Waals surface area contributed by atoms with Crippen molar-refractivity contribution in [3.05, 3.63) is 63.7 Å². The Morgan fingerprint density at radius 1 is 1.29 bits per heavy atom. The molecule has 0 spiro atoms. The highest BCUT2D eigenvalue weighted by molar-refractivity contribution is 5.49. The van der Waals surface area contributed by atoms with Gasteiger partial charge in [0.25, 0.3) is 5.56 Å². The van der Waals surface area contributed by atoms with E-state index in [1.54, 1.807) is 12.5 Å². The summed E-state index contributed by atoms with van der Waals surface area (Å²) in [5.41, 5.74) is 4.31. The minimum atomic E-state index is -0.0795. The Kier molecular flexibility index (Phi) is 3.70. The number of aryl methyl sites for hydroxylation is 1. The summed E-state index contributed by atoms with van der Waals surface area (Å²) in [6.07, 6.45) is 4.15. The first kappa shape index (κ1) is 14.8. The first-order valence-corrected chi connectivity index (χ1v) is 7.95. The summed E-state index contributed by atoms with van der Waals surface area (Å²) >= 11 is 0. The van der Waals surface area contributed by atoms with E-state index in [0.717, 1.165) is 42.2 Å². The number of aromatic nitrogens is 5. The molecule has 122 valence electrons. The minimum Gasteiger partial charge on any atom is -0.348 e. The van der Waals surface area contributed by atoms with Crippen LogP contribution in [0, 0.1) is 6.92 Å². The Hall–Kier alpha value is -2.80. The highest BCUT2D eigenvalue weighted by atomic mass is 16.1. The molecular weight excluding hydrogens is 304 g/mol. The van der Waals surface area contributed by atoms with E-state index >= 15 is 0 Å². The molecule has 0 saturated carbocycles. The number of hydrogen-bond acceptors (Lipinski definition) is 5. The quantitative estimate of drug-likeness (QED) is 0.761. The van der Waals surface area contributed by atoms with Gasteiger partial charge in [-0.1, -0.05) is 6.07 Å². The number of aromatic amines is 2. The van der Waals surface area contributed by atoms with Gasteiger partial charge in [0.1, 0.15) is 5.69 Å². The topological polar surface area (TPSA) is 90.6 Å². The summed E-state index contributed by atoms with van der Waals surface area (Å²) < 4.78 is 0. The third-order valence-electron chi connectivity index (χ3n) is 4.36. The fourth-order valence-corrected chi connectivity index (χ4v) is 3.00. The Balaban J connectivity index is 1.61. The first-order chi connectivity index (χ1) is 11.7. The summed E-state index contributed by atoms with van der Waals surface area (Å²) in [6.45, 7) is 4.19. The van der Waals surface area contributed by atoms with Crippen molar-refractivity contribution in [2.24, 2.45) is 0 Å². The fourth-order valence-electron chi connectivity index (χ4n) is 3.00. The van der Waals surface area contributed by atoms with Crippen molar-refractivity contribution in [1.82, 2.24) is 29.8 Å². The molecule has 0 unspecified atom stereocenters. The first-order valence-electron chi connectivity index (χ1n) is 7.95. The number of pyridine rings is 1. The van der Waals surface area contributed by atoms with Gasteiger partial charge in [0.2, 0.25) is 0 Å². The van der Waals surface area contributed by atoms with Crippen LogP contribution < -0.4 is 5.56 Å². The van der Waals surface area contributed by atoms with Crippen LogP contribution in [-0.4, -0.2) is 36.4 Å². The molecule has 7 heteroatoms. The Morgan fingerprint density at radius 2 is 2.21 bits per heavy atom. The largest absolute Gasteiger partial charge is 0.348 e. The fraction of sp³-hybridized carbons (Fsp3) is 0.294. The third-order valence-corrected chi connectivity index (χ3v) is 4.36. The summed E-state index contributed by atoms with van der Waals surface area (Å²) in [7, 11) is 0. The summed E-state index contributed by atoms with van der Waals surface area (Å²) in [5.74, 6) is 0.538. The van der Waals surface area contributed by atoms with Gasteiger partial charge in [-0.3, -0.25) is 14.7 Å². The van der Waals surface area contributed by atoms with Gasteiger partial charge >= 0.3 is 0 Å². The lowest BCUT2D eigenvalue weighted by Crippen LogP contribution is -2.35. The summed E-state index contributed by atoms with van der Waals surface area (Å²) in [5, 5.41) is 0. The van der Waals surface area contributed by atoms with Gasteiger partial charge in [0.15, 0.2) is 5.82 Å². The number of H-pyrrole nitrogens is 2. The summed E-state index contributed by atoms with van der Waals surface area (Å²) in [6, 6.07) is 5.57. The third kappa shape index (κ3) is 2.74. The van der Waals surface area contributed by atoms with Crippen molar-refractivity contribution in [2.45, 2.75) is 26.4 Å². The van der Waals surface area contributed by atoms with E-state index in [-0.39, 0.29) is 5.56 Å². The molecule has 4 rings (SSSR count). The number of imidazole rings is 1. The summed E-state index contributed by atoms with van der Waals surface area (Å²) in [4.78, 5) is 33.9.